The number of carbonyl (C=O) groups excluding carboxylic acids is 2. The van der Waals surface area contributed by atoms with E-state index in [9.17, 15) is 9.59 Å². The molecule has 2 N–H and O–H groups in total. The van der Waals surface area contributed by atoms with E-state index in [1.54, 1.807) is 17.3 Å². The van der Waals surface area contributed by atoms with Crippen LogP contribution in [0.4, 0.5) is 16.2 Å². The Kier molecular flexibility index (Phi) is 7.14. The zero-order valence-electron chi connectivity index (χ0n) is 21.1. The summed E-state index contributed by atoms with van der Waals surface area (Å²) < 4.78 is 12.3. The number of anilines is 2. The highest BCUT2D eigenvalue weighted by molar-refractivity contribution is 5.95. The third-order valence-corrected chi connectivity index (χ3v) is 7.34. The molecule has 1 spiro atoms. The molecule has 1 aromatic heterocycles. The van der Waals surface area contributed by atoms with Crippen LogP contribution >= 0.6 is 0 Å². The lowest BCUT2D eigenvalue weighted by molar-refractivity contribution is -0.118. The molecule has 0 saturated carbocycles. The van der Waals surface area contributed by atoms with Crippen molar-refractivity contribution in [2.45, 2.75) is 25.7 Å². The first kappa shape index (κ1) is 24.8. The van der Waals surface area contributed by atoms with Crippen LogP contribution in [0.3, 0.4) is 0 Å². The fourth-order valence-corrected chi connectivity index (χ4v) is 5.11. The molecule has 2 saturated heterocycles. The van der Waals surface area contributed by atoms with Crippen LogP contribution < -0.4 is 20.3 Å². The third-order valence-electron chi connectivity index (χ3n) is 7.34. The summed E-state index contributed by atoms with van der Waals surface area (Å²) >= 11 is 0. The molecule has 0 atom stereocenters. The molecular weight excluding hydrogens is 470 g/mol. The Labute approximate surface area is 218 Å². The van der Waals surface area contributed by atoms with E-state index in [-0.39, 0.29) is 7.33 Å². The van der Waals surface area contributed by atoms with Gasteiger partial charge in [-0.05, 0) is 42.2 Å². The van der Waals surface area contributed by atoms with Gasteiger partial charge in [0.2, 0.25) is 5.91 Å². The largest absolute Gasteiger partial charge is 0.491 e. The van der Waals surface area contributed by atoms with E-state index < -0.39 is 6.03 Å². The fourth-order valence-electron chi connectivity index (χ4n) is 5.11. The SMILES string of the molecule is CN1C(=O)CCOc2ccc(N3CC4(CCOCC4)C3)cc21.NC(=O)n1cc(Cc2ccccc2)cn1.[HH]. The zero-order chi connectivity index (χ0) is 25.8. The number of carbonyl (C=O) groups is 2. The average molecular weight is 506 g/mol. The van der Waals surface area contributed by atoms with Crippen LogP contribution in [0.1, 0.15) is 31.8 Å². The Balaban J connectivity index is 0.000000185. The minimum atomic E-state index is -0.561. The Bertz CT molecular complexity index is 1250. The number of primary amides is 1. The summed E-state index contributed by atoms with van der Waals surface area (Å²) in [7, 11) is 1.83. The van der Waals surface area contributed by atoms with Crippen molar-refractivity contribution in [1.29, 1.82) is 0 Å². The van der Waals surface area contributed by atoms with Gasteiger partial charge < -0.3 is 25.0 Å². The number of fused-ring (bicyclic) bond motifs is 1. The van der Waals surface area contributed by atoms with E-state index in [1.165, 1.54) is 11.3 Å². The summed E-state index contributed by atoms with van der Waals surface area (Å²) in [5.74, 6) is 0.916. The third kappa shape index (κ3) is 5.61. The minimum Gasteiger partial charge on any atom is -0.491 e. The number of nitrogens with zero attached hydrogens (tertiary/aromatic N) is 4. The monoisotopic (exact) mass is 505 g/mol. The molecule has 3 aliphatic heterocycles. The molecule has 9 nitrogen and oxygen atoms in total. The van der Waals surface area contributed by atoms with Gasteiger partial charge in [-0.15, -0.1) is 0 Å². The van der Waals surface area contributed by atoms with Gasteiger partial charge in [0.15, 0.2) is 0 Å². The molecule has 0 bridgehead atoms. The van der Waals surface area contributed by atoms with Gasteiger partial charge in [-0.3, -0.25) is 4.79 Å². The summed E-state index contributed by atoms with van der Waals surface area (Å²) in [6.45, 7) is 4.43. The van der Waals surface area contributed by atoms with Crippen molar-refractivity contribution in [2.75, 3.05) is 49.8 Å². The van der Waals surface area contributed by atoms with Gasteiger partial charge in [0.25, 0.3) is 0 Å². The number of ether oxygens (including phenoxy) is 2. The number of aromatic nitrogens is 2. The fraction of sp³-hybridized carbons (Fsp3) is 0.393. The molecule has 2 aromatic carbocycles. The van der Waals surface area contributed by atoms with Crippen molar-refractivity contribution in [3.63, 3.8) is 0 Å². The van der Waals surface area contributed by atoms with Crippen LogP contribution in [0.5, 0.6) is 5.75 Å². The molecule has 2 amide bonds. The van der Waals surface area contributed by atoms with Crippen molar-refractivity contribution in [1.82, 2.24) is 9.78 Å². The zero-order valence-corrected chi connectivity index (χ0v) is 21.1. The maximum absolute atomic E-state index is 12.0. The molecule has 0 aliphatic carbocycles. The summed E-state index contributed by atoms with van der Waals surface area (Å²) in [6, 6.07) is 15.6. The van der Waals surface area contributed by atoms with Crippen LogP contribution in [0.25, 0.3) is 0 Å². The van der Waals surface area contributed by atoms with E-state index in [0.29, 0.717) is 18.4 Å². The van der Waals surface area contributed by atoms with Crippen LogP contribution in [-0.4, -0.2) is 61.7 Å². The molecule has 2 fully saturated rings. The molecule has 3 aromatic rings. The Morgan fingerprint density at radius 2 is 1.84 bits per heavy atom. The minimum absolute atomic E-state index is 0. The first-order valence-electron chi connectivity index (χ1n) is 12.7. The van der Waals surface area contributed by atoms with E-state index in [1.807, 2.05) is 43.4 Å². The Morgan fingerprint density at radius 1 is 1.08 bits per heavy atom. The average Bonchev–Trinajstić information content (AvgIpc) is 3.32. The molecule has 3 aliphatic rings. The van der Waals surface area contributed by atoms with Crippen molar-refractivity contribution < 1.29 is 20.5 Å². The first-order valence-corrected chi connectivity index (χ1v) is 12.7. The molecule has 196 valence electrons. The van der Waals surface area contributed by atoms with Crippen LogP contribution in [0.15, 0.2) is 60.9 Å². The first-order chi connectivity index (χ1) is 17.9. The second-order valence-corrected chi connectivity index (χ2v) is 9.97. The lowest BCUT2D eigenvalue weighted by Crippen LogP contribution is -2.58. The van der Waals surface area contributed by atoms with E-state index in [2.05, 4.69) is 22.1 Å². The number of nitrogens with two attached hydrogens (primary N) is 1. The summed E-state index contributed by atoms with van der Waals surface area (Å²) in [6.07, 6.45) is 6.82. The molecule has 0 unspecified atom stereocenters. The van der Waals surface area contributed by atoms with Gasteiger partial charge in [-0.1, -0.05) is 30.3 Å². The number of hydrogen-bond donors (Lipinski definition) is 1. The van der Waals surface area contributed by atoms with Crippen molar-refractivity contribution in [2.24, 2.45) is 11.1 Å². The van der Waals surface area contributed by atoms with Gasteiger partial charge >= 0.3 is 6.03 Å². The van der Waals surface area contributed by atoms with Gasteiger partial charge in [0.1, 0.15) is 5.75 Å². The number of amides is 2. The van der Waals surface area contributed by atoms with Crippen LogP contribution in [-0.2, 0) is 16.0 Å². The predicted octanol–water partition coefficient (Wildman–Crippen LogP) is 3.70. The Hall–Kier alpha value is -3.85. The topological polar surface area (TPSA) is 103 Å². The molecule has 9 heteroatoms. The number of rotatable bonds is 3. The summed E-state index contributed by atoms with van der Waals surface area (Å²) in [4.78, 5) is 26.9. The number of benzene rings is 2. The predicted molar refractivity (Wildman–Crippen MR) is 143 cm³/mol. The highest BCUT2D eigenvalue weighted by atomic mass is 16.5. The van der Waals surface area contributed by atoms with Gasteiger partial charge in [-0.25, -0.2) is 4.79 Å². The molecule has 4 heterocycles. The maximum Gasteiger partial charge on any atom is 0.339 e. The second-order valence-electron chi connectivity index (χ2n) is 9.97. The highest BCUT2D eigenvalue weighted by Crippen LogP contribution is 2.44. The van der Waals surface area contributed by atoms with Crippen molar-refractivity contribution in [3.05, 3.63) is 72.1 Å². The number of hydrogen-bond acceptors (Lipinski definition) is 6. The summed E-state index contributed by atoms with van der Waals surface area (Å²) in [5.41, 5.74) is 9.75. The maximum atomic E-state index is 12.0. The van der Waals surface area contributed by atoms with Gasteiger partial charge in [-0.2, -0.15) is 9.78 Å². The van der Waals surface area contributed by atoms with E-state index in [0.717, 1.165) is 67.2 Å². The lowest BCUT2D eigenvalue weighted by Gasteiger charge is -2.53. The summed E-state index contributed by atoms with van der Waals surface area (Å²) in [5, 5.41) is 3.85. The van der Waals surface area contributed by atoms with E-state index >= 15 is 0 Å². The van der Waals surface area contributed by atoms with Gasteiger partial charge in [0.05, 0.1) is 24.9 Å². The molecule has 0 radical (unpaired) electrons. The smallest absolute Gasteiger partial charge is 0.339 e. The van der Waals surface area contributed by atoms with E-state index in [4.69, 9.17) is 15.2 Å². The second kappa shape index (κ2) is 10.6. The lowest BCUT2D eigenvalue weighted by atomic mass is 9.73. The molecular formula is C28H35N5O4. The van der Waals surface area contributed by atoms with Crippen LogP contribution in [0.2, 0.25) is 0 Å². The van der Waals surface area contributed by atoms with Gasteiger partial charge in [0, 0.05) is 58.5 Å². The molecule has 37 heavy (non-hydrogen) atoms. The highest BCUT2D eigenvalue weighted by Gasteiger charge is 2.44. The normalized spacial score (nSPS) is 18.1. The van der Waals surface area contributed by atoms with Crippen molar-refractivity contribution >= 4 is 23.3 Å². The van der Waals surface area contributed by atoms with Crippen molar-refractivity contribution in [3.8, 4) is 5.75 Å². The standard InChI is InChI=1S/C17H22N2O3.C11H11N3O.H2/c1-18-14-10-13(2-3-15(14)22-7-4-16(18)20)19-11-17(12-19)5-8-21-9-6-17;12-11(15)14-8-10(7-13-14)6-9-4-2-1-3-5-9;/h2-3,10H,4-9,11-12H2,1H3;1-5,7-8H,6H2,(H2,12,15);1H. The quantitative estimate of drug-likeness (QED) is 0.582. The Morgan fingerprint density at radius 3 is 2.54 bits per heavy atom. The molecule has 6 rings (SSSR count). The van der Waals surface area contributed by atoms with Crippen LogP contribution in [0, 0.1) is 5.41 Å².